The standard InChI is InChI=1S/C16H17N5O2S/c1-11-8-24-16(23)20(11)7-15(22)19-12(2)13-3-5-14(6-4-13)21-10-17-9-18-21/h3-6,8-10,12H,7H2,1-2H3,(H,19,22)/t12-/m0/s1. The first-order valence-electron chi connectivity index (χ1n) is 7.44. The number of hydrogen-bond acceptors (Lipinski definition) is 5. The Morgan fingerprint density at radius 2 is 2.08 bits per heavy atom. The van der Waals surface area contributed by atoms with Crippen LogP contribution in [0.2, 0.25) is 0 Å². The third kappa shape index (κ3) is 3.43. The summed E-state index contributed by atoms with van der Waals surface area (Å²) in [5, 5.41) is 8.74. The minimum absolute atomic E-state index is 0.0372. The van der Waals surface area contributed by atoms with Crippen LogP contribution in [-0.2, 0) is 11.3 Å². The molecule has 0 aliphatic carbocycles. The van der Waals surface area contributed by atoms with Gasteiger partial charge in [-0.05, 0) is 31.5 Å². The van der Waals surface area contributed by atoms with Crippen molar-refractivity contribution < 1.29 is 4.79 Å². The van der Waals surface area contributed by atoms with Gasteiger partial charge < -0.3 is 5.32 Å². The van der Waals surface area contributed by atoms with E-state index >= 15 is 0 Å². The van der Waals surface area contributed by atoms with Crippen molar-refractivity contribution in [2.75, 3.05) is 0 Å². The van der Waals surface area contributed by atoms with Gasteiger partial charge in [0.15, 0.2) is 0 Å². The number of aryl methyl sites for hydroxylation is 1. The number of thiazole rings is 1. The number of amides is 1. The molecule has 0 fully saturated rings. The molecule has 0 aliphatic rings. The molecule has 3 rings (SSSR count). The van der Waals surface area contributed by atoms with E-state index in [1.165, 1.54) is 10.9 Å². The molecule has 1 atom stereocenters. The van der Waals surface area contributed by atoms with Crippen LogP contribution in [0.3, 0.4) is 0 Å². The minimum atomic E-state index is -0.188. The molecule has 0 saturated carbocycles. The van der Waals surface area contributed by atoms with Gasteiger partial charge in [0.1, 0.15) is 19.2 Å². The normalized spacial score (nSPS) is 12.1. The highest BCUT2D eigenvalue weighted by Gasteiger charge is 2.12. The van der Waals surface area contributed by atoms with E-state index in [1.807, 2.05) is 38.1 Å². The number of benzene rings is 1. The molecular weight excluding hydrogens is 326 g/mol. The van der Waals surface area contributed by atoms with Gasteiger partial charge in [-0.2, -0.15) is 5.10 Å². The van der Waals surface area contributed by atoms with E-state index < -0.39 is 0 Å². The molecule has 1 amide bonds. The molecular formula is C16H17N5O2S. The smallest absolute Gasteiger partial charge is 0.307 e. The van der Waals surface area contributed by atoms with Crippen LogP contribution in [-0.4, -0.2) is 25.2 Å². The van der Waals surface area contributed by atoms with Crippen LogP contribution in [0.4, 0.5) is 0 Å². The Balaban J connectivity index is 1.65. The second-order valence-corrected chi connectivity index (χ2v) is 6.27. The van der Waals surface area contributed by atoms with Crippen molar-refractivity contribution in [3.05, 3.63) is 63.2 Å². The summed E-state index contributed by atoms with van der Waals surface area (Å²) in [4.78, 5) is 27.6. The maximum atomic E-state index is 12.2. The van der Waals surface area contributed by atoms with Gasteiger partial charge in [-0.1, -0.05) is 23.5 Å². The highest BCUT2D eigenvalue weighted by molar-refractivity contribution is 7.07. The third-order valence-corrected chi connectivity index (χ3v) is 4.61. The second-order valence-electron chi connectivity index (χ2n) is 5.45. The summed E-state index contributed by atoms with van der Waals surface area (Å²) in [6, 6.07) is 7.55. The maximum absolute atomic E-state index is 12.2. The van der Waals surface area contributed by atoms with Crippen LogP contribution >= 0.6 is 11.3 Å². The molecule has 24 heavy (non-hydrogen) atoms. The zero-order chi connectivity index (χ0) is 17.1. The first-order valence-corrected chi connectivity index (χ1v) is 8.32. The topological polar surface area (TPSA) is 81.8 Å². The Labute approximate surface area is 142 Å². The quantitative estimate of drug-likeness (QED) is 0.764. The SMILES string of the molecule is Cc1csc(=O)n1CC(=O)N[C@@H](C)c1ccc(-n2cncn2)cc1. The van der Waals surface area contributed by atoms with Gasteiger partial charge in [0.25, 0.3) is 0 Å². The van der Waals surface area contributed by atoms with Crippen molar-refractivity contribution >= 4 is 17.2 Å². The number of nitrogens with one attached hydrogen (secondary N) is 1. The lowest BCUT2D eigenvalue weighted by molar-refractivity contribution is -0.122. The zero-order valence-corrected chi connectivity index (χ0v) is 14.2. The summed E-state index contributed by atoms with van der Waals surface area (Å²) >= 11 is 1.10. The Hall–Kier alpha value is -2.74. The summed E-state index contributed by atoms with van der Waals surface area (Å²) in [6.45, 7) is 3.76. The van der Waals surface area contributed by atoms with Crippen molar-refractivity contribution in [1.29, 1.82) is 0 Å². The predicted octanol–water partition coefficient (Wildman–Crippen LogP) is 1.68. The van der Waals surface area contributed by atoms with E-state index in [0.717, 1.165) is 28.3 Å². The van der Waals surface area contributed by atoms with Crippen LogP contribution in [0.25, 0.3) is 5.69 Å². The van der Waals surface area contributed by atoms with Gasteiger partial charge >= 0.3 is 4.87 Å². The van der Waals surface area contributed by atoms with Gasteiger partial charge in [0.05, 0.1) is 11.7 Å². The molecule has 7 nitrogen and oxygen atoms in total. The average Bonchev–Trinajstić information content (AvgIpc) is 3.21. The van der Waals surface area contributed by atoms with Gasteiger partial charge in [0.2, 0.25) is 5.91 Å². The molecule has 0 bridgehead atoms. The molecule has 1 aromatic carbocycles. The van der Waals surface area contributed by atoms with E-state index in [4.69, 9.17) is 0 Å². The summed E-state index contributed by atoms with van der Waals surface area (Å²) in [6.07, 6.45) is 3.10. The Kier molecular flexibility index (Phi) is 4.57. The average molecular weight is 343 g/mol. The molecule has 0 aliphatic heterocycles. The fraction of sp³-hybridized carbons (Fsp3) is 0.250. The van der Waals surface area contributed by atoms with Crippen molar-refractivity contribution in [1.82, 2.24) is 24.6 Å². The van der Waals surface area contributed by atoms with Gasteiger partial charge in [0, 0.05) is 11.1 Å². The molecule has 0 unspecified atom stereocenters. The molecule has 0 saturated heterocycles. The van der Waals surface area contributed by atoms with E-state index in [1.54, 1.807) is 16.4 Å². The lowest BCUT2D eigenvalue weighted by Crippen LogP contribution is -2.32. The van der Waals surface area contributed by atoms with Crippen LogP contribution < -0.4 is 10.2 Å². The fourth-order valence-electron chi connectivity index (χ4n) is 2.37. The lowest BCUT2D eigenvalue weighted by Gasteiger charge is -2.15. The van der Waals surface area contributed by atoms with E-state index in [9.17, 15) is 9.59 Å². The number of carbonyl (C=O) groups excluding carboxylic acids is 1. The van der Waals surface area contributed by atoms with Crippen LogP contribution in [0.1, 0.15) is 24.2 Å². The Bertz CT molecular complexity index is 880. The van der Waals surface area contributed by atoms with Crippen molar-refractivity contribution in [3.8, 4) is 5.69 Å². The highest BCUT2D eigenvalue weighted by Crippen LogP contribution is 2.15. The Morgan fingerprint density at radius 1 is 1.33 bits per heavy atom. The molecule has 0 spiro atoms. The summed E-state index contributed by atoms with van der Waals surface area (Å²) in [7, 11) is 0. The molecule has 124 valence electrons. The third-order valence-electron chi connectivity index (χ3n) is 3.73. The lowest BCUT2D eigenvalue weighted by atomic mass is 10.1. The van der Waals surface area contributed by atoms with Crippen molar-refractivity contribution in [2.45, 2.75) is 26.4 Å². The van der Waals surface area contributed by atoms with Crippen molar-refractivity contribution in [3.63, 3.8) is 0 Å². The van der Waals surface area contributed by atoms with E-state index in [-0.39, 0.29) is 23.4 Å². The monoisotopic (exact) mass is 343 g/mol. The Morgan fingerprint density at radius 3 is 2.67 bits per heavy atom. The zero-order valence-electron chi connectivity index (χ0n) is 13.3. The van der Waals surface area contributed by atoms with Crippen LogP contribution in [0, 0.1) is 6.92 Å². The molecule has 0 radical (unpaired) electrons. The molecule has 1 N–H and O–H groups in total. The number of nitrogens with zero attached hydrogens (tertiary/aromatic N) is 4. The second kappa shape index (κ2) is 6.79. The molecule has 2 heterocycles. The first-order chi connectivity index (χ1) is 11.5. The van der Waals surface area contributed by atoms with Crippen LogP contribution in [0.15, 0.2) is 47.1 Å². The summed E-state index contributed by atoms with van der Waals surface area (Å²) in [5.41, 5.74) is 2.67. The van der Waals surface area contributed by atoms with Crippen LogP contribution in [0.5, 0.6) is 0 Å². The van der Waals surface area contributed by atoms with Gasteiger partial charge in [-0.15, -0.1) is 0 Å². The minimum Gasteiger partial charge on any atom is -0.348 e. The van der Waals surface area contributed by atoms with Gasteiger partial charge in [-0.3, -0.25) is 14.2 Å². The fourth-order valence-corrected chi connectivity index (χ4v) is 3.10. The van der Waals surface area contributed by atoms with Gasteiger partial charge in [-0.25, -0.2) is 9.67 Å². The number of carbonyl (C=O) groups is 1. The first kappa shape index (κ1) is 16.1. The van der Waals surface area contributed by atoms with E-state index in [2.05, 4.69) is 15.4 Å². The highest BCUT2D eigenvalue weighted by atomic mass is 32.1. The number of hydrogen-bond donors (Lipinski definition) is 1. The maximum Gasteiger partial charge on any atom is 0.307 e. The number of rotatable bonds is 5. The molecule has 2 aromatic heterocycles. The van der Waals surface area contributed by atoms with Crippen molar-refractivity contribution in [2.24, 2.45) is 0 Å². The summed E-state index contributed by atoms with van der Waals surface area (Å²) in [5.74, 6) is -0.188. The van der Waals surface area contributed by atoms with E-state index in [0.29, 0.717) is 0 Å². The number of aromatic nitrogens is 4. The summed E-state index contributed by atoms with van der Waals surface area (Å²) < 4.78 is 3.14. The molecule has 8 heteroatoms. The predicted molar refractivity (Wildman–Crippen MR) is 91.2 cm³/mol. The largest absolute Gasteiger partial charge is 0.348 e. The molecule has 3 aromatic rings.